The van der Waals surface area contributed by atoms with E-state index in [4.69, 9.17) is 25.8 Å². The largest absolute Gasteiger partial charge is 0.493 e. The SMILES string of the molecule is COc1cc(/C=C2\SC(=O)N(CCOc3ccccc3Cl)C2=O)ccc1OC(=O)c1cccc(Br)c1. The van der Waals surface area contributed by atoms with E-state index in [1.54, 1.807) is 72.8 Å². The van der Waals surface area contributed by atoms with Crippen LogP contribution < -0.4 is 14.2 Å². The van der Waals surface area contributed by atoms with E-state index in [-0.39, 0.29) is 29.0 Å². The average molecular weight is 589 g/mol. The maximum Gasteiger partial charge on any atom is 0.343 e. The molecule has 10 heteroatoms. The highest BCUT2D eigenvalue weighted by atomic mass is 79.9. The summed E-state index contributed by atoms with van der Waals surface area (Å²) in [5.74, 6) is 0.0535. The van der Waals surface area contributed by atoms with Crippen LogP contribution in [0.25, 0.3) is 6.08 Å². The van der Waals surface area contributed by atoms with Gasteiger partial charge in [0.2, 0.25) is 0 Å². The number of ether oxygens (including phenoxy) is 3. The Morgan fingerprint density at radius 2 is 1.83 bits per heavy atom. The predicted octanol–water partition coefficient (Wildman–Crippen LogP) is 6.45. The van der Waals surface area contributed by atoms with E-state index in [0.29, 0.717) is 27.6 Å². The number of methoxy groups -OCH3 is 1. The summed E-state index contributed by atoms with van der Waals surface area (Å²) in [5.41, 5.74) is 0.981. The normalized spacial score (nSPS) is 14.3. The van der Waals surface area contributed by atoms with Gasteiger partial charge < -0.3 is 14.2 Å². The molecule has 0 aliphatic carbocycles. The number of rotatable bonds is 8. The summed E-state index contributed by atoms with van der Waals surface area (Å²) in [7, 11) is 1.45. The molecule has 1 heterocycles. The lowest BCUT2D eigenvalue weighted by Gasteiger charge is -2.13. The predicted molar refractivity (Wildman–Crippen MR) is 142 cm³/mol. The van der Waals surface area contributed by atoms with Crippen molar-refractivity contribution in [2.45, 2.75) is 0 Å². The molecule has 36 heavy (non-hydrogen) atoms. The minimum atomic E-state index is -0.539. The zero-order chi connectivity index (χ0) is 25.7. The highest BCUT2D eigenvalue weighted by molar-refractivity contribution is 9.10. The van der Waals surface area contributed by atoms with Crippen LogP contribution in [-0.4, -0.2) is 42.3 Å². The minimum Gasteiger partial charge on any atom is -0.493 e. The van der Waals surface area contributed by atoms with Gasteiger partial charge in [0.1, 0.15) is 12.4 Å². The molecular formula is C26H19BrClNO6S. The Kier molecular flexibility index (Phi) is 8.35. The maximum atomic E-state index is 12.8. The van der Waals surface area contributed by atoms with Crippen LogP contribution in [0.2, 0.25) is 5.02 Å². The Hall–Kier alpha value is -3.27. The number of halogens is 2. The molecule has 0 radical (unpaired) electrons. The first-order valence-corrected chi connectivity index (χ1v) is 12.6. The summed E-state index contributed by atoms with van der Waals surface area (Å²) < 4.78 is 17.2. The number of carbonyl (C=O) groups excluding carboxylic acids is 3. The van der Waals surface area contributed by atoms with Gasteiger partial charge in [0.15, 0.2) is 11.5 Å². The Labute approximate surface area is 225 Å². The summed E-state index contributed by atoms with van der Waals surface area (Å²) in [4.78, 5) is 39.1. The topological polar surface area (TPSA) is 82.1 Å². The second-order valence-corrected chi connectivity index (χ2v) is 9.74. The summed E-state index contributed by atoms with van der Waals surface area (Å²) in [6.45, 7) is 0.196. The summed E-state index contributed by atoms with van der Waals surface area (Å²) in [6.07, 6.45) is 1.59. The molecule has 7 nitrogen and oxygen atoms in total. The van der Waals surface area contributed by atoms with E-state index < -0.39 is 11.9 Å². The molecule has 1 aliphatic heterocycles. The zero-order valence-corrected chi connectivity index (χ0v) is 22.1. The number of thioether (sulfide) groups is 1. The van der Waals surface area contributed by atoms with E-state index in [9.17, 15) is 14.4 Å². The number of hydrogen-bond acceptors (Lipinski definition) is 7. The minimum absolute atomic E-state index is 0.0844. The summed E-state index contributed by atoms with van der Waals surface area (Å²) in [5, 5.41) is 0.0618. The molecular weight excluding hydrogens is 570 g/mol. The van der Waals surface area contributed by atoms with Crippen LogP contribution in [0.15, 0.2) is 76.1 Å². The molecule has 0 spiro atoms. The van der Waals surface area contributed by atoms with Crippen LogP contribution in [0.5, 0.6) is 17.2 Å². The molecule has 1 fully saturated rings. The number of hydrogen-bond donors (Lipinski definition) is 0. The first-order chi connectivity index (χ1) is 17.4. The third-order valence-corrected chi connectivity index (χ3v) is 6.74. The lowest BCUT2D eigenvalue weighted by atomic mass is 10.1. The Balaban J connectivity index is 1.43. The van der Waals surface area contributed by atoms with Crippen LogP contribution in [0, 0.1) is 0 Å². The number of nitrogens with zero attached hydrogens (tertiary/aromatic N) is 1. The monoisotopic (exact) mass is 587 g/mol. The molecule has 0 atom stereocenters. The smallest absolute Gasteiger partial charge is 0.343 e. The van der Waals surface area contributed by atoms with Gasteiger partial charge in [0, 0.05) is 4.47 Å². The van der Waals surface area contributed by atoms with Crippen LogP contribution in [-0.2, 0) is 4.79 Å². The highest BCUT2D eigenvalue weighted by Gasteiger charge is 2.34. The Morgan fingerprint density at radius 3 is 2.58 bits per heavy atom. The van der Waals surface area contributed by atoms with Crippen molar-refractivity contribution < 1.29 is 28.6 Å². The van der Waals surface area contributed by atoms with Crippen LogP contribution in [0.4, 0.5) is 4.79 Å². The van der Waals surface area contributed by atoms with E-state index in [1.807, 2.05) is 0 Å². The van der Waals surface area contributed by atoms with Crippen molar-refractivity contribution in [3.05, 3.63) is 92.3 Å². The Bertz CT molecular complexity index is 1360. The van der Waals surface area contributed by atoms with Gasteiger partial charge in [0.05, 0.1) is 29.1 Å². The highest BCUT2D eigenvalue weighted by Crippen LogP contribution is 2.35. The van der Waals surface area contributed by atoms with E-state index in [0.717, 1.165) is 21.1 Å². The van der Waals surface area contributed by atoms with Gasteiger partial charge in [-0.2, -0.15) is 0 Å². The molecule has 1 saturated heterocycles. The Morgan fingerprint density at radius 1 is 1.03 bits per heavy atom. The third kappa shape index (κ3) is 6.10. The molecule has 0 aromatic heterocycles. The fourth-order valence-corrected chi connectivity index (χ4v) is 4.74. The number of para-hydroxylation sites is 1. The molecule has 0 unspecified atom stereocenters. The van der Waals surface area contributed by atoms with Gasteiger partial charge in [-0.1, -0.05) is 51.8 Å². The van der Waals surface area contributed by atoms with Crippen molar-refractivity contribution in [2.75, 3.05) is 20.3 Å². The molecule has 3 aromatic rings. The molecule has 0 bridgehead atoms. The average Bonchev–Trinajstić information content (AvgIpc) is 3.13. The van der Waals surface area contributed by atoms with Crippen molar-refractivity contribution in [3.8, 4) is 17.2 Å². The van der Waals surface area contributed by atoms with E-state index >= 15 is 0 Å². The standard InChI is InChI=1S/C26H19BrClNO6S/c1-33-22-13-16(9-10-21(22)35-25(31)17-5-4-6-18(27)15-17)14-23-24(30)29(26(32)36-23)11-12-34-20-8-3-2-7-19(20)28/h2-10,13-15H,11-12H2,1H3/b23-14-. The fourth-order valence-electron chi connectivity index (χ4n) is 3.29. The molecule has 0 N–H and O–H groups in total. The second-order valence-electron chi connectivity index (χ2n) is 7.42. The van der Waals surface area contributed by atoms with E-state index in [2.05, 4.69) is 15.9 Å². The van der Waals surface area contributed by atoms with Gasteiger partial charge in [-0.3, -0.25) is 14.5 Å². The molecule has 2 amide bonds. The van der Waals surface area contributed by atoms with Gasteiger partial charge in [0.25, 0.3) is 11.1 Å². The van der Waals surface area contributed by atoms with Crippen LogP contribution >= 0.6 is 39.3 Å². The van der Waals surface area contributed by atoms with E-state index in [1.165, 1.54) is 7.11 Å². The van der Waals surface area contributed by atoms with Gasteiger partial charge in [-0.05, 0) is 65.9 Å². The van der Waals surface area contributed by atoms with Gasteiger partial charge in [-0.25, -0.2) is 4.79 Å². The molecule has 3 aromatic carbocycles. The number of amides is 2. The fraction of sp³-hybridized carbons (Fsp3) is 0.115. The lowest BCUT2D eigenvalue weighted by Crippen LogP contribution is -2.32. The van der Waals surface area contributed by atoms with Crippen molar-refractivity contribution in [3.63, 3.8) is 0 Å². The summed E-state index contributed by atoms with van der Waals surface area (Å²) in [6, 6.07) is 18.7. The van der Waals surface area contributed by atoms with Crippen molar-refractivity contribution in [1.29, 1.82) is 0 Å². The number of imide groups is 1. The second kappa shape index (κ2) is 11.6. The maximum absolute atomic E-state index is 12.8. The molecule has 0 saturated carbocycles. The summed E-state index contributed by atoms with van der Waals surface area (Å²) >= 11 is 10.2. The zero-order valence-electron chi connectivity index (χ0n) is 18.9. The molecule has 184 valence electrons. The first-order valence-electron chi connectivity index (χ1n) is 10.6. The quantitative estimate of drug-likeness (QED) is 0.170. The first kappa shape index (κ1) is 25.8. The van der Waals surface area contributed by atoms with Crippen LogP contribution in [0.3, 0.4) is 0 Å². The van der Waals surface area contributed by atoms with Crippen LogP contribution in [0.1, 0.15) is 15.9 Å². The van der Waals surface area contributed by atoms with Crippen molar-refractivity contribution >= 4 is 62.5 Å². The van der Waals surface area contributed by atoms with Gasteiger partial charge >= 0.3 is 5.97 Å². The number of esters is 1. The number of benzene rings is 3. The number of carbonyl (C=O) groups is 3. The van der Waals surface area contributed by atoms with Crippen molar-refractivity contribution in [1.82, 2.24) is 4.90 Å². The lowest BCUT2D eigenvalue weighted by molar-refractivity contribution is -0.123. The third-order valence-electron chi connectivity index (χ3n) is 5.03. The van der Waals surface area contributed by atoms with Crippen molar-refractivity contribution in [2.24, 2.45) is 0 Å². The molecule has 1 aliphatic rings. The van der Waals surface area contributed by atoms with Gasteiger partial charge in [-0.15, -0.1) is 0 Å². The molecule has 4 rings (SSSR count).